The van der Waals surface area contributed by atoms with Crippen LogP contribution in [0.1, 0.15) is 16.7 Å². The van der Waals surface area contributed by atoms with Gasteiger partial charge in [0.1, 0.15) is 0 Å². The number of nitrogens with two attached hydrogens (primary N) is 1. The Morgan fingerprint density at radius 3 is 2.50 bits per heavy atom. The van der Waals surface area contributed by atoms with Crippen molar-refractivity contribution in [2.45, 2.75) is 19.9 Å². The van der Waals surface area contributed by atoms with Crippen molar-refractivity contribution in [3.05, 3.63) is 65.2 Å². The summed E-state index contributed by atoms with van der Waals surface area (Å²) in [6.45, 7) is 6.37. The van der Waals surface area contributed by atoms with Gasteiger partial charge in [-0.25, -0.2) is 0 Å². The van der Waals surface area contributed by atoms with Crippen molar-refractivity contribution in [1.82, 2.24) is 9.80 Å². The minimum Gasteiger partial charge on any atom is -0.399 e. The maximum absolute atomic E-state index is 12.5. The molecule has 0 aromatic heterocycles. The molecule has 4 heteroatoms. The predicted molar refractivity (Wildman–Crippen MR) is 97.6 cm³/mol. The van der Waals surface area contributed by atoms with Crippen molar-refractivity contribution in [2.75, 3.05) is 31.9 Å². The summed E-state index contributed by atoms with van der Waals surface area (Å²) in [6.07, 6.45) is 0.502. The molecule has 1 saturated heterocycles. The Kier molecular flexibility index (Phi) is 5.16. The van der Waals surface area contributed by atoms with E-state index in [-0.39, 0.29) is 5.91 Å². The van der Waals surface area contributed by atoms with Crippen LogP contribution in [-0.2, 0) is 17.8 Å². The number of carbonyl (C=O) groups is 1. The molecule has 1 amide bonds. The molecule has 1 fully saturated rings. The van der Waals surface area contributed by atoms with Gasteiger partial charge in [0.15, 0.2) is 0 Å². The molecule has 2 aromatic carbocycles. The van der Waals surface area contributed by atoms with Gasteiger partial charge in [-0.05, 0) is 35.7 Å². The molecule has 126 valence electrons. The number of aryl methyl sites for hydroxylation is 1. The Morgan fingerprint density at radius 2 is 1.79 bits per heavy atom. The molecule has 2 aromatic rings. The highest BCUT2D eigenvalue weighted by molar-refractivity contribution is 5.79. The topological polar surface area (TPSA) is 49.6 Å². The summed E-state index contributed by atoms with van der Waals surface area (Å²) in [4.78, 5) is 16.9. The van der Waals surface area contributed by atoms with Crippen LogP contribution in [0.2, 0.25) is 0 Å². The Balaban J connectivity index is 1.51. The number of amides is 1. The Bertz CT molecular complexity index is 706. The molecular weight excluding hydrogens is 298 g/mol. The SMILES string of the molecule is Cc1ccccc1CC(=O)N1CCN(Cc2cccc(N)c2)CC1. The van der Waals surface area contributed by atoms with Gasteiger partial charge in [0, 0.05) is 38.4 Å². The van der Waals surface area contributed by atoms with E-state index in [9.17, 15) is 4.79 Å². The summed E-state index contributed by atoms with van der Waals surface area (Å²) < 4.78 is 0. The van der Waals surface area contributed by atoms with Crippen LogP contribution in [-0.4, -0.2) is 41.9 Å². The van der Waals surface area contributed by atoms with E-state index < -0.39 is 0 Å². The van der Waals surface area contributed by atoms with Crippen LogP contribution in [0.15, 0.2) is 48.5 Å². The molecule has 4 nitrogen and oxygen atoms in total. The van der Waals surface area contributed by atoms with E-state index in [1.54, 1.807) is 0 Å². The highest BCUT2D eigenvalue weighted by Crippen LogP contribution is 2.14. The smallest absolute Gasteiger partial charge is 0.227 e. The van der Waals surface area contributed by atoms with Crippen molar-refractivity contribution >= 4 is 11.6 Å². The van der Waals surface area contributed by atoms with Gasteiger partial charge in [-0.2, -0.15) is 0 Å². The van der Waals surface area contributed by atoms with Crippen molar-refractivity contribution in [2.24, 2.45) is 0 Å². The van der Waals surface area contributed by atoms with Gasteiger partial charge >= 0.3 is 0 Å². The molecule has 0 spiro atoms. The first kappa shape index (κ1) is 16.5. The van der Waals surface area contributed by atoms with Gasteiger partial charge in [-0.3, -0.25) is 9.69 Å². The molecule has 0 saturated carbocycles. The molecule has 3 rings (SSSR count). The molecule has 0 atom stereocenters. The normalized spacial score (nSPS) is 15.5. The summed E-state index contributed by atoms with van der Waals surface area (Å²) in [5, 5.41) is 0. The monoisotopic (exact) mass is 323 g/mol. The largest absolute Gasteiger partial charge is 0.399 e. The minimum absolute atomic E-state index is 0.230. The van der Waals surface area contributed by atoms with E-state index >= 15 is 0 Å². The number of benzene rings is 2. The first-order valence-electron chi connectivity index (χ1n) is 8.51. The van der Waals surface area contributed by atoms with Crippen LogP contribution >= 0.6 is 0 Å². The first-order valence-corrected chi connectivity index (χ1v) is 8.51. The average Bonchev–Trinajstić information content (AvgIpc) is 2.57. The highest BCUT2D eigenvalue weighted by Gasteiger charge is 2.21. The standard InChI is InChI=1S/C20H25N3O/c1-16-5-2-3-7-18(16)14-20(24)23-11-9-22(10-12-23)15-17-6-4-8-19(21)13-17/h2-8,13H,9-12,14-15,21H2,1H3. The molecule has 0 unspecified atom stereocenters. The zero-order valence-electron chi connectivity index (χ0n) is 14.2. The summed E-state index contributed by atoms with van der Waals surface area (Å²) in [5.41, 5.74) is 10.2. The lowest BCUT2D eigenvalue weighted by Gasteiger charge is -2.35. The summed E-state index contributed by atoms with van der Waals surface area (Å²) in [6, 6.07) is 16.1. The second kappa shape index (κ2) is 7.49. The van der Waals surface area contributed by atoms with E-state index in [0.717, 1.165) is 44.0 Å². The predicted octanol–water partition coefficient (Wildman–Crippen LogP) is 2.46. The Labute approximate surface area is 143 Å². The van der Waals surface area contributed by atoms with Crippen molar-refractivity contribution in [3.8, 4) is 0 Å². The number of rotatable bonds is 4. The molecule has 1 aliphatic heterocycles. The van der Waals surface area contributed by atoms with Gasteiger partial charge in [0.25, 0.3) is 0 Å². The minimum atomic E-state index is 0.230. The van der Waals surface area contributed by atoms with Crippen LogP contribution in [0.3, 0.4) is 0 Å². The fraction of sp³-hybridized carbons (Fsp3) is 0.350. The molecule has 0 aliphatic carbocycles. The van der Waals surface area contributed by atoms with Crippen LogP contribution in [0.25, 0.3) is 0 Å². The second-order valence-electron chi connectivity index (χ2n) is 6.51. The zero-order valence-corrected chi connectivity index (χ0v) is 14.2. The van der Waals surface area contributed by atoms with E-state index in [2.05, 4.69) is 24.0 Å². The third-order valence-corrected chi connectivity index (χ3v) is 4.69. The van der Waals surface area contributed by atoms with Gasteiger partial charge < -0.3 is 10.6 Å². The maximum Gasteiger partial charge on any atom is 0.227 e. The first-order chi connectivity index (χ1) is 11.6. The van der Waals surface area contributed by atoms with Gasteiger partial charge in [-0.15, -0.1) is 0 Å². The number of nitrogen functional groups attached to an aromatic ring is 1. The van der Waals surface area contributed by atoms with Gasteiger partial charge in [0.2, 0.25) is 5.91 Å². The molecular formula is C20H25N3O. The average molecular weight is 323 g/mol. The van der Waals surface area contributed by atoms with E-state index in [1.165, 1.54) is 11.1 Å². The van der Waals surface area contributed by atoms with Crippen LogP contribution in [0.5, 0.6) is 0 Å². The quantitative estimate of drug-likeness (QED) is 0.880. The third kappa shape index (κ3) is 4.15. The fourth-order valence-electron chi connectivity index (χ4n) is 3.19. The Hall–Kier alpha value is -2.33. The van der Waals surface area contributed by atoms with Crippen molar-refractivity contribution in [1.29, 1.82) is 0 Å². The molecule has 1 heterocycles. The van der Waals surface area contributed by atoms with Crippen molar-refractivity contribution < 1.29 is 4.79 Å². The summed E-state index contributed by atoms with van der Waals surface area (Å²) in [7, 11) is 0. The van der Waals surface area contributed by atoms with Crippen LogP contribution < -0.4 is 5.73 Å². The van der Waals surface area contributed by atoms with Crippen LogP contribution in [0.4, 0.5) is 5.69 Å². The van der Waals surface area contributed by atoms with Gasteiger partial charge in [-0.1, -0.05) is 36.4 Å². The zero-order chi connectivity index (χ0) is 16.9. The Morgan fingerprint density at radius 1 is 1.04 bits per heavy atom. The number of hydrogen-bond acceptors (Lipinski definition) is 3. The van der Waals surface area contributed by atoms with Gasteiger partial charge in [0.05, 0.1) is 6.42 Å². The number of nitrogens with zero attached hydrogens (tertiary/aromatic N) is 2. The number of carbonyl (C=O) groups excluding carboxylic acids is 1. The molecule has 1 aliphatic rings. The molecule has 2 N–H and O–H groups in total. The lowest BCUT2D eigenvalue weighted by Crippen LogP contribution is -2.48. The summed E-state index contributed by atoms with van der Waals surface area (Å²) >= 11 is 0. The maximum atomic E-state index is 12.5. The fourth-order valence-corrected chi connectivity index (χ4v) is 3.19. The number of piperazine rings is 1. The molecule has 0 radical (unpaired) electrons. The molecule has 0 bridgehead atoms. The highest BCUT2D eigenvalue weighted by atomic mass is 16.2. The molecule has 24 heavy (non-hydrogen) atoms. The van der Waals surface area contributed by atoms with E-state index in [4.69, 9.17) is 5.73 Å². The van der Waals surface area contributed by atoms with Crippen molar-refractivity contribution in [3.63, 3.8) is 0 Å². The summed E-state index contributed by atoms with van der Waals surface area (Å²) in [5.74, 6) is 0.230. The van der Waals surface area contributed by atoms with E-state index in [0.29, 0.717) is 6.42 Å². The lowest BCUT2D eigenvalue weighted by molar-refractivity contribution is -0.132. The third-order valence-electron chi connectivity index (χ3n) is 4.69. The number of anilines is 1. The lowest BCUT2D eigenvalue weighted by atomic mass is 10.1. The number of hydrogen-bond donors (Lipinski definition) is 1. The second-order valence-corrected chi connectivity index (χ2v) is 6.51. The van der Waals surface area contributed by atoms with Crippen LogP contribution in [0, 0.1) is 6.92 Å². The van der Waals surface area contributed by atoms with E-state index in [1.807, 2.05) is 41.3 Å².